The third-order valence-electron chi connectivity index (χ3n) is 3.21. The van der Waals surface area contributed by atoms with Crippen LogP contribution in [0.25, 0.3) is 0 Å². The van der Waals surface area contributed by atoms with Gasteiger partial charge in [0, 0.05) is 11.5 Å². The van der Waals surface area contributed by atoms with E-state index >= 15 is 0 Å². The molecule has 2 rings (SSSR count). The highest BCUT2D eigenvalue weighted by atomic mass is 35.5. The van der Waals surface area contributed by atoms with E-state index in [2.05, 4.69) is 0 Å². The van der Waals surface area contributed by atoms with Crippen LogP contribution in [0.4, 0.5) is 8.78 Å². The van der Waals surface area contributed by atoms with Crippen LogP contribution < -0.4 is 5.73 Å². The van der Waals surface area contributed by atoms with Crippen molar-refractivity contribution < 1.29 is 8.78 Å². The van der Waals surface area contributed by atoms with E-state index in [0.717, 1.165) is 18.9 Å². The van der Waals surface area contributed by atoms with Crippen LogP contribution in [-0.2, 0) is 5.41 Å². The van der Waals surface area contributed by atoms with Crippen molar-refractivity contribution in [3.8, 4) is 0 Å². The molecule has 82 valence electrons. The van der Waals surface area contributed by atoms with Gasteiger partial charge >= 0.3 is 0 Å². The Balaban J connectivity index is 2.49. The van der Waals surface area contributed by atoms with E-state index in [9.17, 15) is 8.78 Å². The summed E-state index contributed by atoms with van der Waals surface area (Å²) >= 11 is 5.49. The van der Waals surface area contributed by atoms with Crippen molar-refractivity contribution >= 4 is 11.6 Å². The molecule has 1 atom stereocenters. The van der Waals surface area contributed by atoms with Gasteiger partial charge in [-0.25, -0.2) is 8.78 Å². The first kappa shape index (κ1) is 10.8. The molecular formula is C11H12ClF2N. The molecule has 4 heteroatoms. The fraction of sp³-hybridized carbons (Fsp3) is 0.455. The van der Waals surface area contributed by atoms with Gasteiger partial charge in [-0.15, -0.1) is 0 Å². The summed E-state index contributed by atoms with van der Waals surface area (Å²) in [5.74, 6) is -1.05. The molecule has 0 radical (unpaired) electrons. The van der Waals surface area contributed by atoms with Gasteiger partial charge in [0.1, 0.15) is 11.6 Å². The van der Waals surface area contributed by atoms with Crippen LogP contribution >= 0.6 is 11.6 Å². The third-order valence-corrected chi connectivity index (χ3v) is 3.50. The molecule has 1 aromatic carbocycles. The highest BCUT2D eigenvalue weighted by Gasteiger charge is 2.49. The van der Waals surface area contributed by atoms with E-state index in [-0.39, 0.29) is 16.5 Å². The number of hydrogen-bond donors (Lipinski definition) is 1. The van der Waals surface area contributed by atoms with Gasteiger partial charge in [0.05, 0.1) is 5.02 Å². The fourth-order valence-corrected chi connectivity index (χ4v) is 2.16. The van der Waals surface area contributed by atoms with Gasteiger partial charge in [0.2, 0.25) is 0 Å². The van der Waals surface area contributed by atoms with Gasteiger partial charge in [0.25, 0.3) is 0 Å². The van der Waals surface area contributed by atoms with Crippen molar-refractivity contribution in [1.29, 1.82) is 0 Å². The Hall–Kier alpha value is -0.670. The molecule has 1 saturated carbocycles. The van der Waals surface area contributed by atoms with Crippen molar-refractivity contribution in [3.63, 3.8) is 0 Å². The zero-order chi connectivity index (χ0) is 11.2. The first-order valence-corrected chi connectivity index (χ1v) is 5.26. The van der Waals surface area contributed by atoms with Gasteiger partial charge in [-0.05, 0) is 37.5 Å². The molecule has 1 aliphatic rings. The largest absolute Gasteiger partial charge is 0.327 e. The maximum Gasteiger partial charge on any atom is 0.142 e. The van der Waals surface area contributed by atoms with Crippen LogP contribution in [0.5, 0.6) is 0 Å². The normalized spacial score (nSPS) is 20.1. The van der Waals surface area contributed by atoms with Crippen LogP contribution in [0, 0.1) is 11.6 Å². The molecule has 1 fully saturated rings. The first-order chi connectivity index (χ1) is 6.97. The minimum Gasteiger partial charge on any atom is -0.327 e. The van der Waals surface area contributed by atoms with Crippen LogP contribution in [0.2, 0.25) is 5.02 Å². The number of rotatable bonds is 2. The predicted molar refractivity (Wildman–Crippen MR) is 55.9 cm³/mol. The first-order valence-electron chi connectivity index (χ1n) is 4.88. The lowest BCUT2D eigenvalue weighted by atomic mass is 9.89. The lowest BCUT2D eigenvalue weighted by molar-refractivity contribution is 0.503. The van der Waals surface area contributed by atoms with E-state index in [1.54, 1.807) is 0 Å². The number of nitrogens with two attached hydrogens (primary N) is 1. The molecule has 0 heterocycles. The molecule has 0 amide bonds. The van der Waals surface area contributed by atoms with Crippen molar-refractivity contribution in [2.45, 2.75) is 31.2 Å². The molecular weight excluding hydrogens is 220 g/mol. The molecule has 1 aliphatic carbocycles. The Morgan fingerprint density at radius 1 is 1.33 bits per heavy atom. The summed E-state index contributed by atoms with van der Waals surface area (Å²) in [5.41, 5.74) is 5.78. The zero-order valence-corrected chi connectivity index (χ0v) is 9.11. The second-order valence-corrected chi connectivity index (χ2v) is 4.60. The summed E-state index contributed by atoms with van der Waals surface area (Å²) in [6.07, 6.45) is 1.62. The van der Waals surface area contributed by atoms with Gasteiger partial charge < -0.3 is 5.73 Å². The minimum absolute atomic E-state index is 0.174. The zero-order valence-electron chi connectivity index (χ0n) is 8.36. The van der Waals surface area contributed by atoms with E-state index in [1.165, 1.54) is 6.07 Å². The van der Waals surface area contributed by atoms with Crippen LogP contribution in [0.1, 0.15) is 25.3 Å². The smallest absolute Gasteiger partial charge is 0.142 e. The molecule has 1 nitrogen and oxygen atoms in total. The summed E-state index contributed by atoms with van der Waals surface area (Å²) < 4.78 is 26.9. The van der Waals surface area contributed by atoms with Gasteiger partial charge in [-0.3, -0.25) is 0 Å². The molecule has 0 saturated heterocycles. The lowest BCUT2D eigenvalue weighted by Gasteiger charge is -2.20. The summed E-state index contributed by atoms with van der Waals surface area (Å²) in [6.45, 7) is 1.82. The fourth-order valence-electron chi connectivity index (χ4n) is 2.01. The molecule has 1 unspecified atom stereocenters. The second-order valence-electron chi connectivity index (χ2n) is 4.19. The quantitative estimate of drug-likeness (QED) is 0.778. The van der Waals surface area contributed by atoms with Crippen molar-refractivity contribution in [1.82, 2.24) is 0 Å². The molecule has 1 aromatic rings. The topological polar surface area (TPSA) is 26.0 Å². The Kier molecular flexibility index (Phi) is 2.47. The standard InChI is InChI=1S/C11H12ClF2N/c1-6(15)11(2-3-11)7-4-10(14)8(12)5-9(7)13/h4-6H,2-3,15H2,1H3. The Bertz CT molecular complexity index is 400. The highest BCUT2D eigenvalue weighted by Crippen LogP contribution is 2.51. The van der Waals surface area contributed by atoms with Crippen molar-refractivity contribution in [2.75, 3.05) is 0 Å². The maximum atomic E-state index is 13.6. The van der Waals surface area contributed by atoms with Crippen molar-refractivity contribution in [3.05, 3.63) is 34.4 Å². The van der Waals surface area contributed by atoms with Crippen LogP contribution in [-0.4, -0.2) is 6.04 Å². The van der Waals surface area contributed by atoms with Crippen molar-refractivity contribution in [2.24, 2.45) is 5.73 Å². The SMILES string of the molecule is CC(N)C1(c2cc(F)c(Cl)cc2F)CC1. The Morgan fingerprint density at radius 2 is 1.93 bits per heavy atom. The monoisotopic (exact) mass is 231 g/mol. The average Bonchev–Trinajstić information content (AvgIpc) is 2.92. The number of benzene rings is 1. The summed E-state index contributed by atoms with van der Waals surface area (Å²) in [7, 11) is 0. The van der Waals surface area contributed by atoms with E-state index in [0.29, 0.717) is 5.56 Å². The Labute approximate surface area is 92.2 Å². The second kappa shape index (κ2) is 3.42. The molecule has 0 spiro atoms. The maximum absolute atomic E-state index is 13.6. The van der Waals surface area contributed by atoms with Crippen LogP contribution in [0.15, 0.2) is 12.1 Å². The molecule has 0 aromatic heterocycles. The molecule has 2 N–H and O–H groups in total. The summed E-state index contributed by atoms with van der Waals surface area (Å²) in [6, 6.07) is 2.02. The van der Waals surface area contributed by atoms with E-state index < -0.39 is 11.6 Å². The summed E-state index contributed by atoms with van der Waals surface area (Å²) in [4.78, 5) is 0. The number of halogens is 3. The number of hydrogen-bond acceptors (Lipinski definition) is 1. The molecule has 15 heavy (non-hydrogen) atoms. The van der Waals surface area contributed by atoms with Crippen LogP contribution in [0.3, 0.4) is 0 Å². The predicted octanol–water partition coefficient (Wildman–Crippen LogP) is 3.00. The van der Waals surface area contributed by atoms with Gasteiger partial charge in [-0.2, -0.15) is 0 Å². The molecule has 0 aliphatic heterocycles. The Morgan fingerprint density at radius 3 is 2.40 bits per heavy atom. The summed E-state index contributed by atoms with van der Waals surface area (Å²) in [5, 5.41) is -0.184. The molecule has 0 bridgehead atoms. The third kappa shape index (κ3) is 1.64. The van der Waals surface area contributed by atoms with E-state index in [1.807, 2.05) is 6.92 Å². The minimum atomic E-state index is -0.583. The van der Waals surface area contributed by atoms with Gasteiger partial charge in [-0.1, -0.05) is 11.6 Å². The highest BCUT2D eigenvalue weighted by molar-refractivity contribution is 6.30. The van der Waals surface area contributed by atoms with E-state index in [4.69, 9.17) is 17.3 Å². The average molecular weight is 232 g/mol. The van der Waals surface area contributed by atoms with Gasteiger partial charge in [0.15, 0.2) is 0 Å². The lowest BCUT2D eigenvalue weighted by Crippen LogP contribution is -2.32.